The van der Waals surface area contributed by atoms with Crippen LogP contribution in [0, 0.1) is 0 Å². The fraction of sp³-hybridized carbons (Fsp3) is 0. The number of hydrogen-bond acceptors (Lipinski definition) is 3. The molecule has 0 amide bonds. The van der Waals surface area contributed by atoms with Crippen molar-refractivity contribution >= 4 is 28.3 Å². The van der Waals surface area contributed by atoms with E-state index in [1.54, 1.807) is 18.5 Å². The summed E-state index contributed by atoms with van der Waals surface area (Å²) in [6, 6.07) is 5.45. The van der Waals surface area contributed by atoms with E-state index in [2.05, 4.69) is 25.9 Å². The monoisotopic (exact) mass is 273 g/mol. The largest absolute Gasteiger partial charge is 0.255 e. The molecule has 0 aliphatic heterocycles. The van der Waals surface area contributed by atoms with Crippen LogP contribution in [0.15, 0.2) is 35.3 Å². The first kappa shape index (κ1) is 9.67. The lowest BCUT2D eigenvalue weighted by molar-refractivity contribution is 0.911. The van der Waals surface area contributed by atoms with Crippen molar-refractivity contribution in [3.8, 4) is 11.4 Å². The normalized spacial score (nSPS) is 10.4. The summed E-state index contributed by atoms with van der Waals surface area (Å²) in [6.07, 6.45) is 3.22. The highest BCUT2D eigenvalue weighted by molar-refractivity contribution is 9.10. The average molecular weight is 274 g/mol. The maximum atomic E-state index is 12.5. The summed E-state index contributed by atoms with van der Waals surface area (Å²) >= 11 is 3.23. The summed E-state index contributed by atoms with van der Waals surface area (Å²) in [5.74, 6) is 0. The maximum absolute atomic E-state index is 12.5. The van der Waals surface area contributed by atoms with Crippen molar-refractivity contribution < 1.29 is 3.89 Å². The van der Waals surface area contributed by atoms with Crippen LogP contribution in [-0.4, -0.2) is 13.9 Å². The van der Waals surface area contributed by atoms with Gasteiger partial charge in [0.2, 0.25) is 0 Å². The number of aromatic nitrogens is 3. The van der Waals surface area contributed by atoms with Crippen LogP contribution in [0.2, 0.25) is 0 Å². The minimum Gasteiger partial charge on any atom is -0.255 e. The number of hydrogen-bond donors (Lipinski definition) is 0. The van der Waals surface area contributed by atoms with Gasteiger partial charge in [0.1, 0.15) is 5.69 Å². The van der Waals surface area contributed by atoms with Crippen LogP contribution in [-0.2, 0) is 0 Å². The smallest absolute Gasteiger partial charge is 0.189 e. The molecule has 0 fully saturated rings. The lowest BCUT2D eigenvalue weighted by Gasteiger charge is -2.00. The van der Waals surface area contributed by atoms with Crippen LogP contribution in [0.25, 0.3) is 11.4 Å². The van der Waals surface area contributed by atoms with Crippen molar-refractivity contribution in [2.24, 2.45) is 0 Å². The molecule has 0 unspecified atom stereocenters. The highest BCUT2D eigenvalue weighted by atomic mass is 79.9. The summed E-state index contributed by atoms with van der Waals surface area (Å²) in [7, 11) is 0. The van der Waals surface area contributed by atoms with Crippen LogP contribution in [0.3, 0.4) is 0 Å². The van der Waals surface area contributed by atoms with Gasteiger partial charge in [-0.1, -0.05) is 6.07 Å². The first-order chi connectivity index (χ1) is 6.83. The fourth-order valence-corrected chi connectivity index (χ4v) is 1.85. The summed E-state index contributed by atoms with van der Waals surface area (Å²) in [6.45, 7) is 0. The van der Waals surface area contributed by atoms with E-state index < -0.39 is 0 Å². The van der Waals surface area contributed by atoms with Crippen molar-refractivity contribution in [2.75, 3.05) is 0 Å². The van der Waals surface area contributed by atoms with E-state index in [4.69, 9.17) is 0 Å². The molecule has 2 aromatic heterocycles. The van der Waals surface area contributed by atoms with E-state index in [0.29, 0.717) is 16.1 Å². The number of rotatable bonds is 2. The number of halogens is 2. The van der Waals surface area contributed by atoms with Gasteiger partial charge in [0.05, 0.1) is 11.9 Å². The molecule has 72 valence electrons. The Bertz CT molecular complexity index is 431. The standard InChI is InChI=1S/C8H5BrFN3S/c9-8-12-5-7(13(8)14-10)6-3-1-2-4-11-6/h1-5H. The predicted octanol–water partition coefficient (Wildman–Crippen LogP) is 3.09. The Balaban J connectivity index is 2.52. The van der Waals surface area contributed by atoms with Crippen molar-refractivity contribution in [1.82, 2.24) is 13.9 Å². The zero-order valence-electron chi connectivity index (χ0n) is 6.89. The molecule has 0 aliphatic carbocycles. The van der Waals surface area contributed by atoms with Gasteiger partial charge in [-0.25, -0.2) is 8.96 Å². The van der Waals surface area contributed by atoms with Gasteiger partial charge in [-0.15, -0.1) is 3.89 Å². The molecule has 2 rings (SSSR count). The number of nitrogens with zero attached hydrogens (tertiary/aromatic N) is 3. The molecule has 0 spiro atoms. The van der Waals surface area contributed by atoms with Gasteiger partial charge in [-0.05, 0) is 28.1 Å². The molecule has 0 radical (unpaired) electrons. The van der Waals surface area contributed by atoms with Gasteiger partial charge in [-0.3, -0.25) is 4.98 Å². The second-order valence-electron chi connectivity index (χ2n) is 2.49. The van der Waals surface area contributed by atoms with Gasteiger partial charge in [0.15, 0.2) is 17.1 Å². The zero-order chi connectivity index (χ0) is 9.97. The molecule has 0 aliphatic rings. The number of imidazole rings is 1. The summed E-state index contributed by atoms with van der Waals surface area (Å²) in [4.78, 5) is 8.05. The average Bonchev–Trinajstić information content (AvgIpc) is 2.61. The Morgan fingerprint density at radius 1 is 1.36 bits per heavy atom. The first-order valence-corrected chi connectivity index (χ1v) is 5.23. The lowest BCUT2D eigenvalue weighted by atomic mass is 10.3. The molecule has 2 heterocycles. The Morgan fingerprint density at radius 2 is 2.21 bits per heavy atom. The minimum atomic E-state index is 0.0908. The second kappa shape index (κ2) is 4.10. The number of pyridine rings is 1. The van der Waals surface area contributed by atoms with Crippen LogP contribution >= 0.6 is 28.3 Å². The highest BCUT2D eigenvalue weighted by Crippen LogP contribution is 2.26. The summed E-state index contributed by atoms with van der Waals surface area (Å²) < 4.78 is 14.3. The topological polar surface area (TPSA) is 30.7 Å². The minimum absolute atomic E-state index is 0.0908. The van der Waals surface area contributed by atoms with E-state index in [0.717, 1.165) is 0 Å². The van der Waals surface area contributed by atoms with Gasteiger partial charge in [0.25, 0.3) is 0 Å². The Labute approximate surface area is 92.9 Å². The molecule has 6 heteroatoms. The molecule has 3 nitrogen and oxygen atoms in total. The molecule has 0 saturated heterocycles. The van der Waals surface area contributed by atoms with E-state index in [1.807, 2.05) is 12.1 Å². The van der Waals surface area contributed by atoms with Crippen LogP contribution in [0.1, 0.15) is 0 Å². The Hall–Kier alpha value is -0.880. The second-order valence-corrected chi connectivity index (χ2v) is 3.70. The molecular formula is C8H5BrFN3S. The Morgan fingerprint density at radius 3 is 2.86 bits per heavy atom. The quantitative estimate of drug-likeness (QED) is 0.843. The van der Waals surface area contributed by atoms with Crippen molar-refractivity contribution in [2.45, 2.75) is 0 Å². The third-order valence-corrected chi connectivity index (χ3v) is 2.98. The van der Waals surface area contributed by atoms with Gasteiger partial charge < -0.3 is 0 Å². The summed E-state index contributed by atoms with van der Waals surface area (Å²) in [5, 5.41) is 0. The van der Waals surface area contributed by atoms with Gasteiger partial charge in [0, 0.05) is 6.20 Å². The van der Waals surface area contributed by atoms with E-state index in [1.165, 1.54) is 3.97 Å². The SMILES string of the molecule is FSn1c(-c2ccccn2)cnc1Br. The zero-order valence-corrected chi connectivity index (χ0v) is 9.30. The Kier molecular flexibility index (Phi) is 2.83. The van der Waals surface area contributed by atoms with Crippen molar-refractivity contribution in [1.29, 1.82) is 0 Å². The molecule has 2 aromatic rings. The lowest BCUT2D eigenvalue weighted by Crippen LogP contribution is -1.89. The molecule has 0 aromatic carbocycles. The third kappa shape index (κ3) is 1.67. The van der Waals surface area contributed by atoms with Crippen molar-refractivity contribution in [3.05, 3.63) is 35.3 Å². The van der Waals surface area contributed by atoms with Gasteiger partial charge >= 0.3 is 0 Å². The molecule has 0 saturated carbocycles. The third-order valence-electron chi connectivity index (χ3n) is 1.68. The first-order valence-electron chi connectivity index (χ1n) is 3.76. The van der Waals surface area contributed by atoms with Crippen LogP contribution < -0.4 is 0 Å². The van der Waals surface area contributed by atoms with E-state index in [-0.39, 0.29) is 12.3 Å². The van der Waals surface area contributed by atoms with E-state index >= 15 is 0 Å². The van der Waals surface area contributed by atoms with Gasteiger partial charge in [-0.2, -0.15) is 0 Å². The predicted molar refractivity (Wildman–Crippen MR) is 57.3 cm³/mol. The molecule has 14 heavy (non-hydrogen) atoms. The van der Waals surface area contributed by atoms with E-state index in [9.17, 15) is 3.89 Å². The molecule has 0 bridgehead atoms. The fourth-order valence-electron chi connectivity index (χ4n) is 1.07. The summed E-state index contributed by atoms with van der Waals surface area (Å²) in [5.41, 5.74) is 1.32. The van der Waals surface area contributed by atoms with Crippen molar-refractivity contribution in [3.63, 3.8) is 0 Å². The maximum Gasteiger partial charge on any atom is 0.189 e. The highest BCUT2D eigenvalue weighted by Gasteiger charge is 2.10. The molecule has 0 N–H and O–H groups in total. The molecule has 0 atom stereocenters. The van der Waals surface area contributed by atoms with Crippen LogP contribution in [0.4, 0.5) is 3.89 Å². The van der Waals surface area contributed by atoms with Crippen LogP contribution in [0.5, 0.6) is 0 Å². The molecular weight excluding hydrogens is 269 g/mol.